The van der Waals surface area contributed by atoms with Crippen LogP contribution in [0.15, 0.2) is 28.8 Å². The quantitative estimate of drug-likeness (QED) is 0.866. The number of benzene rings is 1. The highest BCUT2D eigenvalue weighted by Gasteiger charge is 2.17. The molecule has 3 rings (SSSR count). The first kappa shape index (κ1) is 18.4. The van der Waals surface area contributed by atoms with Crippen molar-refractivity contribution in [1.29, 1.82) is 0 Å². The number of hydrogen-bond donors (Lipinski definition) is 2. The van der Waals surface area contributed by atoms with Gasteiger partial charge in [0.05, 0.1) is 0 Å². The highest BCUT2D eigenvalue weighted by Crippen LogP contribution is 2.17. The number of carbonyl (C=O) groups excluding carboxylic acids is 1. The Hall–Kier alpha value is -1.92. The molecule has 0 aliphatic carbocycles. The molecule has 1 aromatic heterocycles. The summed E-state index contributed by atoms with van der Waals surface area (Å²) in [7, 11) is 0. The summed E-state index contributed by atoms with van der Waals surface area (Å²) in [5.74, 6) is 1.17. The van der Waals surface area contributed by atoms with Gasteiger partial charge in [-0.2, -0.15) is 4.98 Å². The maximum Gasteiger partial charge on any atom is 0.328 e. The van der Waals surface area contributed by atoms with Crippen LogP contribution in [0.5, 0.6) is 0 Å². The van der Waals surface area contributed by atoms with Crippen molar-refractivity contribution in [3.8, 4) is 0 Å². The molecule has 2 aromatic rings. The minimum absolute atomic E-state index is 0. The minimum Gasteiger partial charge on any atom is -0.316 e. The second-order valence-electron chi connectivity index (χ2n) is 6.33. The van der Waals surface area contributed by atoms with Crippen LogP contribution in [0.25, 0.3) is 0 Å². The SMILES string of the molecule is CC(C)c1noc(NC(=O)c2cccc(CC3CCNC3)c2)n1.Cl. The number of anilines is 1. The Morgan fingerprint density at radius 3 is 2.96 bits per heavy atom. The van der Waals surface area contributed by atoms with E-state index in [0.717, 1.165) is 19.5 Å². The lowest BCUT2D eigenvalue weighted by molar-refractivity contribution is 0.102. The topological polar surface area (TPSA) is 80.0 Å². The lowest BCUT2D eigenvalue weighted by Gasteiger charge is -2.09. The molecule has 0 saturated carbocycles. The van der Waals surface area contributed by atoms with E-state index in [2.05, 4.69) is 26.8 Å². The molecular weight excluding hydrogens is 328 g/mol. The van der Waals surface area contributed by atoms with Gasteiger partial charge in [0.15, 0.2) is 5.82 Å². The monoisotopic (exact) mass is 350 g/mol. The van der Waals surface area contributed by atoms with E-state index in [1.807, 2.05) is 26.0 Å². The number of halogens is 1. The number of hydrogen-bond acceptors (Lipinski definition) is 5. The zero-order chi connectivity index (χ0) is 16.2. The molecule has 1 unspecified atom stereocenters. The molecule has 6 nitrogen and oxygen atoms in total. The van der Waals surface area contributed by atoms with Crippen LogP contribution in [0.2, 0.25) is 0 Å². The van der Waals surface area contributed by atoms with Gasteiger partial charge in [-0.1, -0.05) is 31.1 Å². The van der Waals surface area contributed by atoms with Crippen molar-refractivity contribution >= 4 is 24.3 Å². The number of nitrogens with one attached hydrogen (secondary N) is 2. The molecule has 0 radical (unpaired) electrons. The van der Waals surface area contributed by atoms with Crippen molar-refractivity contribution in [3.05, 3.63) is 41.2 Å². The standard InChI is InChI=1S/C17H22N4O2.ClH/c1-11(2)15-19-17(23-21-15)20-16(22)14-5-3-4-12(9-14)8-13-6-7-18-10-13;/h3-5,9,11,13,18H,6-8,10H2,1-2H3,(H,19,20,21,22);1H. The van der Waals surface area contributed by atoms with Crippen molar-refractivity contribution in [2.45, 2.75) is 32.6 Å². The van der Waals surface area contributed by atoms with Gasteiger partial charge in [0.1, 0.15) is 0 Å². The van der Waals surface area contributed by atoms with E-state index in [1.165, 1.54) is 12.0 Å². The van der Waals surface area contributed by atoms with E-state index in [0.29, 0.717) is 17.3 Å². The molecular formula is C17H23ClN4O2. The van der Waals surface area contributed by atoms with Gasteiger partial charge in [-0.15, -0.1) is 12.4 Å². The summed E-state index contributed by atoms with van der Waals surface area (Å²) >= 11 is 0. The predicted molar refractivity (Wildman–Crippen MR) is 94.7 cm³/mol. The highest BCUT2D eigenvalue weighted by molar-refractivity contribution is 6.03. The normalized spacial score (nSPS) is 16.9. The summed E-state index contributed by atoms with van der Waals surface area (Å²) in [6, 6.07) is 7.86. The summed E-state index contributed by atoms with van der Waals surface area (Å²) in [6.07, 6.45) is 2.18. The van der Waals surface area contributed by atoms with Crippen LogP contribution in [0.4, 0.5) is 6.01 Å². The maximum absolute atomic E-state index is 12.3. The maximum atomic E-state index is 12.3. The van der Waals surface area contributed by atoms with Crippen LogP contribution in [-0.4, -0.2) is 29.1 Å². The number of rotatable bonds is 5. The molecule has 0 spiro atoms. The number of carbonyl (C=O) groups is 1. The second kappa shape index (κ2) is 8.26. The van der Waals surface area contributed by atoms with Crippen molar-refractivity contribution in [3.63, 3.8) is 0 Å². The zero-order valence-electron chi connectivity index (χ0n) is 13.9. The van der Waals surface area contributed by atoms with Crippen LogP contribution in [-0.2, 0) is 6.42 Å². The van der Waals surface area contributed by atoms with E-state index in [9.17, 15) is 4.79 Å². The Kier molecular flexibility index (Phi) is 6.34. The van der Waals surface area contributed by atoms with Gasteiger partial charge in [-0.25, -0.2) is 0 Å². The molecule has 1 saturated heterocycles. The van der Waals surface area contributed by atoms with Crippen molar-refractivity contribution in [2.24, 2.45) is 5.92 Å². The summed E-state index contributed by atoms with van der Waals surface area (Å²) in [5.41, 5.74) is 1.79. The van der Waals surface area contributed by atoms with Crippen molar-refractivity contribution < 1.29 is 9.32 Å². The Labute approximate surface area is 147 Å². The fourth-order valence-corrected chi connectivity index (χ4v) is 2.75. The Morgan fingerprint density at radius 1 is 1.46 bits per heavy atom. The van der Waals surface area contributed by atoms with E-state index >= 15 is 0 Å². The van der Waals surface area contributed by atoms with Crippen LogP contribution in [0, 0.1) is 5.92 Å². The number of nitrogens with zero attached hydrogens (tertiary/aromatic N) is 2. The molecule has 2 heterocycles. The van der Waals surface area contributed by atoms with Gasteiger partial charge in [-0.3, -0.25) is 10.1 Å². The fraction of sp³-hybridized carbons (Fsp3) is 0.471. The molecule has 1 aliphatic rings. The van der Waals surface area contributed by atoms with Gasteiger partial charge >= 0.3 is 6.01 Å². The smallest absolute Gasteiger partial charge is 0.316 e. The van der Waals surface area contributed by atoms with Crippen LogP contribution >= 0.6 is 12.4 Å². The molecule has 1 aliphatic heterocycles. The lowest BCUT2D eigenvalue weighted by Crippen LogP contribution is -2.14. The molecule has 24 heavy (non-hydrogen) atoms. The average molecular weight is 351 g/mol. The summed E-state index contributed by atoms with van der Waals surface area (Å²) in [6.45, 7) is 6.08. The first-order chi connectivity index (χ1) is 11.1. The summed E-state index contributed by atoms with van der Waals surface area (Å²) in [4.78, 5) is 16.5. The van der Waals surface area contributed by atoms with Crippen LogP contribution in [0.3, 0.4) is 0 Å². The summed E-state index contributed by atoms with van der Waals surface area (Å²) in [5, 5.41) is 9.87. The van der Waals surface area contributed by atoms with Crippen LogP contribution < -0.4 is 10.6 Å². The third kappa shape index (κ3) is 4.55. The first-order valence-electron chi connectivity index (χ1n) is 8.06. The molecule has 1 atom stereocenters. The molecule has 1 aromatic carbocycles. The Bertz CT molecular complexity index is 681. The van der Waals surface area contributed by atoms with Crippen molar-refractivity contribution in [1.82, 2.24) is 15.5 Å². The van der Waals surface area contributed by atoms with E-state index in [1.54, 1.807) is 6.07 Å². The molecule has 2 N–H and O–H groups in total. The second-order valence-corrected chi connectivity index (χ2v) is 6.33. The molecule has 1 fully saturated rings. The van der Waals surface area contributed by atoms with Gasteiger partial charge in [0.25, 0.3) is 5.91 Å². The third-order valence-electron chi connectivity index (χ3n) is 4.05. The van der Waals surface area contributed by atoms with Crippen molar-refractivity contribution in [2.75, 3.05) is 18.4 Å². The van der Waals surface area contributed by atoms with Gasteiger partial charge in [-0.05, 0) is 49.5 Å². The van der Waals surface area contributed by atoms with E-state index in [-0.39, 0.29) is 30.2 Å². The Morgan fingerprint density at radius 2 is 2.29 bits per heavy atom. The molecule has 7 heteroatoms. The summed E-state index contributed by atoms with van der Waals surface area (Å²) < 4.78 is 5.05. The third-order valence-corrected chi connectivity index (χ3v) is 4.05. The van der Waals surface area contributed by atoms with E-state index in [4.69, 9.17) is 4.52 Å². The number of amides is 1. The molecule has 1 amide bonds. The molecule has 130 valence electrons. The van der Waals surface area contributed by atoms with E-state index < -0.39 is 0 Å². The van der Waals surface area contributed by atoms with Gasteiger partial charge in [0, 0.05) is 11.5 Å². The fourth-order valence-electron chi connectivity index (χ4n) is 2.75. The zero-order valence-corrected chi connectivity index (χ0v) is 14.7. The van der Waals surface area contributed by atoms with Gasteiger partial charge in [0.2, 0.25) is 0 Å². The number of aromatic nitrogens is 2. The average Bonchev–Trinajstić information content (AvgIpc) is 3.19. The first-order valence-corrected chi connectivity index (χ1v) is 8.06. The molecule has 0 bridgehead atoms. The predicted octanol–water partition coefficient (Wildman–Crippen LogP) is 3.02. The largest absolute Gasteiger partial charge is 0.328 e. The minimum atomic E-state index is -0.227. The van der Waals surface area contributed by atoms with Crippen LogP contribution in [0.1, 0.15) is 47.9 Å². The lowest BCUT2D eigenvalue weighted by atomic mass is 9.97. The Balaban J connectivity index is 0.00000208. The highest BCUT2D eigenvalue weighted by atomic mass is 35.5. The van der Waals surface area contributed by atoms with Gasteiger partial charge < -0.3 is 9.84 Å².